The van der Waals surface area contributed by atoms with Gasteiger partial charge in [0.1, 0.15) is 6.33 Å². The molecular weight excluding hydrogens is 288 g/mol. The Labute approximate surface area is 126 Å². The van der Waals surface area contributed by atoms with E-state index in [2.05, 4.69) is 21.4 Å². The summed E-state index contributed by atoms with van der Waals surface area (Å²) in [6.45, 7) is 0.752. The molecule has 2 aromatic heterocycles. The number of thiophene rings is 1. The average molecular weight is 304 g/mol. The Balaban J connectivity index is 1.75. The molecule has 1 aliphatic heterocycles. The molecule has 6 nitrogen and oxygen atoms in total. The van der Waals surface area contributed by atoms with Gasteiger partial charge in [0, 0.05) is 11.4 Å². The summed E-state index contributed by atoms with van der Waals surface area (Å²) in [5, 5.41) is 4.85. The molecule has 2 amide bonds. The van der Waals surface area contributed by atoms with E-state index in [1.807, 2.05) is 16.3 Å². The lowest BCUT2D eigenvalue weighted by atomic mass is 10.2. The smallest absolute Gasteiger partial charge is 0.323 e. The van der Waals surface area contributed by atoms with E-state index in [9.17, 15) is 4.79 Å². The fraction of sp³-hybridized carbons (Fsp3) is 0.357. The molecule has 1 saturated heterocycles. The van der Waals surface area contributed by atoms with E-state index >= 15 is 0 Å². The Kier molecular flexibility index (Phi) is 4.01. The van der Waals surface area contributed by atoms with E-state index in [1.54, 1.807) is 11.3 Å². The maximum Gasteiger partial charge on any atom is 0.323 e. The zero-order valence-electron chi connectivity index (χ0n) is 11.7. The summed E-state index contributed by atoms with van der Waals surface area (Å²) < 4.78 is 5.15. The number of aromatic nitrogens is 2. The molecule has 1 N–H and O–H groups in total. The minimum Gasteiger partial charge on any atom is -0.491 e. The molecule has 1 aliphatic rings. The molecule has 110 valence electrons. The first-order valence-electron chi connectivity index (χ1n) is 6.74. The van der Waals surface area contributed by atoms with Gasteiger partial charge in [0.2, 0.25) is 0 Å². The number of urea groups is 1. The van der Waals surface area contributed by atoms with Crippen LogP contribution in [0, 0.1) is 0 Å². The Morgan fingerprint density at radius 3 is 3.24 bits per heavy atom. The quantitative estimate of drug-likeness (QED) is 0.946. The maximum atomic E-state index is 12.5. The second-order valence-corrected chi connectivity index (χ2v) is 5.72. The minimum absolute atomic E-state index is 0.150. The van der Waals surface area contributed by atoms with Crippen molar-refractivity contribution in [3.05, 3.63) is 34.9 Å². The summed E-state index contributed by atoms with van der Waals surface area (Å²) in [7, 11) is 1.53. The fourth-order valence-electron chi connectivity index (χ4n) is 2.52. The number of ether oxygens (including phenoxy) is 1. The van der Waals surface area contributed by atoms with Crippen LogP contribution in [0.25, 0.3) is 0 Å². The number of likely N-dealkylation sites (tertiary alicyclic amines) is 1. The SMILES string of the molecule is COc1cncnc1NC(=O)N1CCCC1c1cccs1. The van der Waals surface area contributed by atoms with E-state index in [0.29, 0.717) is 11.6 Å². The standard InChI is InChI=1S/C14H16N4O2S/c1-20-11-8-15-9-16-13(11)17-14(19)18-6-2-4-10(18)12-5-3-7-21-12/h3,5,7-10H,2,4,6H2,1H3,(H,15,16,17,19). The first-order chi connectivity index (χ1) is 10.3. The number of anilines is 1. The van der Waals surface area contributed by atoms with Crippen molar-refractivity contribution in [3.8, 4) is 5.75 Å². The Morgan fingerprint density at radius 2 is 2.48 bits per heavy atom. The van der Waals surface area contributed by atoms with Crippen LogP contribution in [-0.2, 0) is 0 Å². The average Bonchev–Trinajstić information content (AvgIpc) is 3.18. The molecule has 1 atom stereocenters. The van der Waals surface area contributed by atoms with Gasteiger partial charge in [-0.15, -0.1) is 11.3 Å². The molecule has 0 bridgehead atoms. The molecule has 21 heavy (non-hydrogen) atoms. The van der Waals surface area contributed by atoms with Crippen LogP contribution in [0.5, 0.6) is 5.75 Å². The van der Waals surface area contributed by atoms with Gasteiger partial charge in [0.15, 0.2) is 11.6 Å². The van der Waals surface area contributed by atoms with E-state index in [0.717, 1.165) is 19.4 Å². The summed E-state index contributed by atoms with van der Waals surface area (Å²) in [6, 6.07) is 4.09. The zero-order chi connectivity index (χ0) is 14.7. The van der Waals surface area contributed by atoms with Gasteiger partial charge in [0.05, 0.1) is 19.3 Å². The Bertz CT molecular complexity index is 617. The molecule has 7 heteroatoms. The molecule has 2 aromatic rings. The summed E-state index contributed by atoms with van der Waals surface area (Å²) in [4.78, 5) is 23.5. The van der Waals surface area contributed by atoms with Gasteiger partial charge in [-0.25, -0.2) is 14.8 Å². The van der Waals surface area contributed by atoms with E-state index in [-0.39, 0.29) is 12.1 Å². The molecule has 1 unspecified atom stereocenters. The molecule has 0 saturated carbocycles. The van der Waals surface area contributed by atoms with Crippen LogP contribution in [0.4, 0.5) is 10.6 Å². The highest BCUT2D eigenvalue weighted by Gasteiger charge is 2.31. The van der Waals surface area contributed by atoms with Crippen LogP contribution >= 0.6 is 11.3 Å². The van der Waals surface area contributed by atoms with Crippen molar-refractivity contribution < 1.29 is 9.53 Å². The number of hydrogen-bond acceptors (Lipinski definition) is 5. The van der Waals surface area contributed by atoms with Gasteiger partial charge in [-0.05, 0) is 24.3 Å². The summed E-state index contributed by atoms with van der Waals surface area (Å²) in [6.07, 6.45) is 4.92. The first-order valence-corrected chi connectivity index (χ1v) is 7.62. The van der Waals surface area contributed by atoms with Crippen molar-refractivity contribution in [1.29, 1.82) is 0 Å². The highest BCUT2D eigenvalue weighted by Crippen LogP contribution is 2.35. The van der Waals surface area contributed by atoms with Crippen molar-refractivity contribution >= 4 is 23.2 Å². The number of hydrogen-bond donors (Lipinski definition) is 1. The van der Waals surface area contributed by atoms with Gasteiger partial charge in [-0.2, -0.15) is 0 Å². The molecule has 0 aromatic carbocycles. The second-order valence-electron chi connectivity index (χ2n) is 4.74. The molecule has 0 aliphatic carbocycles. The number of rotatable bonds is 3. The van der Waals surface area contributed by atoms with Crippen molar-refractivity contribution in [2.45, 2.75) is 18.9 Å². The predicted octanol–water partition coefficient (Wildman–Crippen LogP) is 2.92. The lowest BCUT2D eigenvalue weighted by Gasteiger charge is -2.24. The molecule has 1 fully saturated rings. The second kappa shape index (κ2) is 6.09. The van der Waals surface area contributed by atoms with Crippen LogP contribution < -0.4 is 10.1 Å². The number of amides is 2. The van der Waals surface area contributed by atoms with Gasteiger partial charge in [-0.3, -0.25) is 5.32 Å². The monoisotopic (exact) mass is 304 g/mol. The van der Waals surface area contributed by atoms with Crippen LogP contribution in [0.1, 0.15) is 23.8 Å². The lowest BCUT2D eigenvalue weighted by Crippen LogP contribution is -2.34. The predicted molar refractivity (Wildman–Crippen MR) is 80.6 cm³/mol. The van der Waals surface area contributed by atoms with Crippen LogP contribution in [-0.4, -0.2) is 34.6 Å². The maximum absolute atomic E-state index is 12.5. The van der Waals surface area contributed by atoms with Crippen LogP contribution in [0.3, 0.4) is 0 Å². The van der Waals surface area contributed by atoms with Gasteiger partial charge in [-0.1, -0.05) is 6.07 Å². The molecule has 3 heterocycles. The fourth-order valence-corrected chi connectivity index (χ4v) is 3.39. The Hall–Kier alpha value is -2.15. The topological polar surface area (TPSA) is 67.4 Å². The zero-order valence-corrected chi connectivity index (χ0v) is 12.5. The van der Waals surface area contributed by atoms with Gasteiger partial charge in [0.25, 0.3) is 0 Å². The summed E-state index contributed by atoms with van der Waals surface area (Å²) in [5.74, 6) is 0.854. The molecule has 3 rings (SSSR count). The molecule has 0 spiro atoms. The van der Waals surface area contributed by atoms with Crippen molar-refractivity contribution in [2.24, 2.45) is 0 Å². The number of nitrogens with one attached hydrogen (secondary N) is 1. The molecular formula is C14H16N4O2S. The van der Waals surface area contributed by atoms with Gasteiger partial charge < -0.3 is 9.64 Å². The van der Waals surface area contributed by atoms with E-state index in [1.165, 1.54) is 24.5 Å². The van der Waals surface area contributed by atoms with E-state index < -0.39 is 0 Å². The third-order valence-corrected chi connectivity index (χ3v) is 4.48. The normalized spacial score (nSPS) is 17.8. The van der Waals surface area contributed by atoms with Crippen LogP contribution in [0.2, 0.25) is 0 Å². The Morgan fingerprint density at radius 1 is 1.57 bits per heavy atom. The molecule has 0 radical (unpaired) electrons. The van der Waals surface area contributed by atoms with Crippen molar-refractivity contribution in [2.75, 3.05) is 19.0 Å². The largest absolute Gasteiger partial charge is 0.491 e. The van der Waals surface area contributed by atoms with Gasteiger partial charge >= 0.3 is 6.03 Å². The summed E-state index contributed by atoms with van der Waals surface area (Å²) in [5.41, 5.74) is 0. The third kappa shape index (κ3) is 2.82. The minimum atomic E-state index is -0.150. The third-order valence-electron chi connectivity index (χ3n) is 3.51. The highest BCUT2D eigenvalue weighted by atomic mass is 32.1. The summed E-state index contributed by atoms with van der Waals surface area (Å²) >= 11 is 1.68. The van der Waals surface area contributed by atoms with E-state index in [4.69, 9.17) is 4.74 Å². The highest BCUT2D eigenvalue weighted by molar-refractivity contribution is 7.10. The van der Waals surface area contributed by atoms with Crippen molar-refractivity contribution in [1.82, 2.24) is 14.9 Å². The first kappa shape index (κ1) is 13.8. The number of methoxy groups -OCH3 is 1. The number of carbonyl (C=O) groups is 1. The number of nitrogens with zero attached hydrogens (tertiary/aromatic N) is 3. The van der Waals surface area contributed by atoms with Crippen molar-refractivity contribution in [3.63, 3.8) is 0 Å². The van der Waals surface area contributed by atoms with Crippen LogP contribution in [0.15, 0.2) is 30.0 Å². The lowest BCUT2D eigenvalue weighted by molar-refractivity contribution is 0.207. The number of carbonyl (C=O) groups excluding carboxylic acids is 1.